The van der Waals surface area contributed by atoms with Gasteiger partial charge in [-0.15, -0.1) is 11.3 Å². The van der Waals surface area contributed by atoms with Crippen molar-refractivity contribution in [1.82, 2.24) is 14.9 Å². The Morgan fingerprint density at radius 1 is 1.28 bits per heavy atom. The fraction of sp³-hybridized carbons (Fsp3) is 0.407. The van der Waals surface area contributed by atoms with Crippen LogP contribution in [-0.4, -0.2) is 50.6 Å². The van der Waals surface area contributed by atoms with E-state index in [1.54, 1.807) is 24.3 Å². The molecular weight excluding hydrogens is 476 g/mol. The summed E-state index contributed by atoms with van der Waals surface area (Å²) in [5.41, 5.74) is 1.23. The summed E-state index contributed by atoms with van der Waals surface area (Å²) in [7, 11) is 2.13. The van der Waals surface area contributed by atoms with E-state index in [-0.39, 0.29) is 18.2 Å². The molecule has 1 N–H and O–H groups in total. The number of aliphatic hydroxyl groups is 1. The van der Waals surface area contributed by atoms with Gasteiger partial charge in [-0.3, -0.25) is 0 Å². The molecule has 9 heteroatoms. The van der Waals surface area contributed by atoms with Gasteiger partial charge in [-0.2, -0.15) is 0 Å². The van der Waals surface area contributed by atoms with E-state index in [2.05, 4.69) is 33.8 Å². The number of nitrogens with zero attached hydrogens (tertiary/aromatic N) is 4. The van der Waals surface area contributed by atoms with Crippen molar-refractivity contribution >= 4 is 17.2 Å². The van der Waals surface area contributed by atoms with E-state index in [4.69, 9.17) is 4.74 Å². The molecule has 1 aliphatic heterocycles. The van der Waals surface area contributed by atoms with Gasteiger partial charge in [0, 0.05) is 29.3 Å². The highest BCUT2D eigenvalue weighted by Gasteiger charge is 2.23. The third-order valence-corrected chi connectivity index (χ3v) is 7.58. The Morgan fingerprint density at radius 2 is 2.06 bits per heavy atom. The van der Waals surface area contributed by atoms with Crippen LogP contribution in [0.4, 0.5) is 5.82 Å². The molecule has 1 aliphatic rings. The van der Waals surface area contributed by atoms with Crippen LogP contribution in [0, 0.1) is 22.0 Å². The number of hydrogen-bond acceptors (Lipinski definition) is 8. The number of likely N-dealkylation sites (tertiary alicyclic amines) is 1. The number of nitro groups is 1. The minimum Gasteiger partial charge on any atom is -0.481 e. The minimum atomic E-state index is -1.05. The lowest BCUT2D eigenvalue weighted by atomic mass is 9.98. The topological polar surface area (TPSA) is 102 Å². The lowest BCUT2D eigenvalue weighted by molar-refractivity contribution is -0.390. The molecule has 3 heterocycles. The van der Waals surface area contributed by atoms with Crippen LogP contribution in [0.1, 0.15) is 55.2 Å². The largest absolute Gasteiger partial charge is 0.481 e. The normalized spacial score (nSPS) is 16.1. The average molecular weight is 507 g/mol. The van der Waals surface area contributed by atoms with Gasteiger partial charge in [-0.05, 0) is 73.9 Å². The quantitative estimate of drug-likeness (QED) is 0.273. The molecule has 1 unspecified atom stereocenters. The van der Waals surface area contributed by atoms with Gasteiger partial charge in [-0.25, -0.2) is 4.98 Å². The molecule has 1 atom stereocenters. The number of aromatic nitrogens is 2. The van der Waals surface area contributed by atoms with Gasteiger partial charge in [0.25, 0.3) is 0 Å². The van der Waals surface area contributed by atoms with E-state index >= 15 is 0 Å². The maximum absolute atomic E-state index is 11.6. The third kappa shape index (κ3) is 6.46. The fourth-order valence-electron chi connectivity index (χ4n) is 3.88. The predicted octanol–water partition coefficient (Wildman–Crippen LogP) is 5.01. The van der Waals surface area contributed by atoms with E-state index in [0.29, 0.717) is 12.3 Å². The zero-order chi connectivity index (χ0) is 25.7. The first-order chi connectivity index (χ1) is 17.2. The van der Waals surface area contributed by atoms with Crippen molar-refractivity contribution in [3.63, 3.8) is 0 Å². The molecule has 8 nitrogen and oxygen atoms in total. The summed E-state index contributed by atoms with van der Waals surface area (Å²) in [5.74, 6) is 6.07. The zero-order valence-electron chi connectivity index (χ0n) is 20.7. The maximum Gasteiger partial charge on any atom is 0.406 e. The monoisotopic (exact) mass is 506 g/mol. The highest BCUT2D eigenvalue weighted by atomic mass is 32.1. The van der Waals surface area contributed by atoms with Crippen LogP contribution in [0.25, 0.3) is 10.4 Å². The molecule has 36 heavy (non-hydrogen) atoms. The first kappa shape index (κ1) is 25.8. The van der Waals surface area contributed by atoms with Gasteiger partial charge in [0.15, 0.2) is 0 Å². The Hall–Kier alpha value is -3.32. The van der Waals surface area contributed by atoms with Gasteiger partial charge < -0.3 is 24.9 Å². The van der Waals surface area contributed by atoms with Crippen molar-refractivity contribution in [2.45, 2.75) is 51.2 Å². The lowest BCUT2D eigenvalue weighted by Gasteiger charge is -2.27. The van der Waals surface area contributed by atoms with Crippen LogP contribution in [0.15, 0.2) is 42.7 Å². The van der Waals surface area contributed by atoms with E-state index < -0.39 is 10.5 Å². The summed E-state index contributed by atoms with van der Waals surface area (Å²) in [6, 6.07) is 9.06. The van der Waals surface area contributed by atoms with Crippen LogP contribution in [-0.2, 0) is 6.61 Å². The SMILES string of the molecule is CCC(C)(O)C#Cc1cccc(COc2cc(-c3cnc(C4CCN(C)CC4)s3)cnc2[N+](=O)[O-])c1. The number of piperidine rings is 1. The molecule has 0 spiro atoms. The van der Waals surface area contributed by atoms with Crippen molar-refractivity contribution in [3.8, 4) is 28.0 Å². The Morgan fingerprint density at radius 3 is 2.78 bits per heavy atom. The molecule has 0 bridgehead atoms. The zero-order valence-corrected chi connectivity index (χ0v) is 21.5. The number of ether oxygens (including phenoxy) is 1. The molecule has 3 aromatic rings. The smallest absolute Gasteiger partial charge is 0.406 e. The van der Waals surface area contributed by atoms with Crippen LogP contribution in [0.2, 0.25) is 0 Å². The second-order valence-corrected chi connectivity index (χ2v) is 10.4. The van der Waals surface area contributed by atoms with Gasteiger partial charge in [0.2, 0.25) is 5.75 Å². The van der Waals surface area contributed by atoms with Gasteiger partial charge >= 0.3 is 5.82 Å². The summed E-state index contributed by atoms with van der Waals surface area (Å²) >= 11 is 1.61. The number of thiazole rings is 1. The first-order valence-corrected chi connectivity index (χ1v) is 12.8. The molecule has 1 fully saturated rings. The highest BCUT2D eigenvalue weighted by molar-refractivity contribution is 7.15. The number of benzene rings is 1. The Kier molecular flexibility index (Phi) is 7.99. The summed E-state index contributed by atoms with van der Waals surface area (Å²) in [5, 5.41) is 22.8. The first-order valence-electron chi connectivity index (χ1n) is 12.0. The lowest BCUT2D eigenvalue weighted by Crippen LogP contribution is -2.29. The fourth-order valence-corrected chi connectivity index (χ4v) is 4.94. The molecule has 1 aromatic carbocycles. The summed E-state index contributed by atoms with van der Waals surface area (Å²) in [6.07, 6.45) is 6.01. The number of pyridine rings is 1. The van der Waals surface area contributed by atoms with Crippen LogP contribution in [0.3, 0.4) is 0 Å². The van der Waals surface area contributed by atoms with Gasteiger partial charge in [0.05, 0.1) is 9.88 Å². The van der Waals surface area contributed by atoms with Crippen LogP contribution < -0.4 is 4.74 Å². The van der Waals surface area contributed by atoms with Crippen LogP contribution in [0.5, 0.6) is 5.75 Å². The van der Waals surface area contributed by atoms with Crippen LogP contribution >= 0.6 is 11.3 Å². The number of rotatable bonds is 7. The van der Waals surface area contributed by atoms with Crippen molar-refractivity contribution in [2.75, 3.05) is 20.1 Å². The average Bonchev–Trinajstić information content (AvgIpc) is 3.37. The maximum atomic E-state index is 11.6. The molecular formula is C27H30N4O4S. The second kappa shape index (κ2) is 11.2. The van der Waals surface area contributed by atoms with Crippen molar-refractivity contribution in [3.05, 3.63) is 69.0 Å². The molecule has 4 rings (SSSR count). The van der Waals surface area contributed by atoms with Crippen molar-refractivity contribution < 1.29 is 14.8 Å². The molecule has 0 amide bonds. The summed E-state index contributed by atoms with van der Waals surface area (Å²) < 4.78 is 5.88. The van der Waals surface area contributed by atoms with E-state index in [1.807, 2.05) is 37.4 Å². The molecule has 0 radical (unpaired) electrons. The molecule has 0 aliphatic carbocycles. The molecule has 2 aromatic heterocycles. The van der Waals surface area contributed by atoms with Gasteiger partial charge in [-0.1, -0.05) is 30.9 Å². The summed E-state index contributed by atoms with van der Waals surface area (Å²) in [6.45, 7) is 5.78. The Bertz CT molecular complexity index is 1290. The minimum absolute atomic E-state index is 0.108. The number of hydrogen-bond donors (Lipinski definition) is 1. The molecule has 188 valence electrons. The Balaban J connectivity index is 1.52. The standard InChI is InChI=1S/C27H30N4O4S/c1-4-27(2,32)11-8-19-6-5-7-20(14-19)18-35-23-15-22(16-28-25(23)31(33)34)24-17-29-26(36-24)21-9-12-30(3)13-10-21/h5-7,14-17,21,32H,4,9-10,12-13,18H2,1-3H3. The third-order valence-electron chi connectivity index (χ3n) is 6.37. The van der Waals surface area contributed by atoms with E-state index in [1.165, 1.54) is 6.20 Å². The molecule has 1 saturated heterocycles. The Labute approximate surface area is 215 Å². The van der Waals surface area contributed by atoms with E-state index in [9.17, 15) is 15.2 Å². The van der Waals surface area contributed by atoms with Gasteiger partial charge in [0.1, 0.15) is 18.4 Å². The van der Waals surface area contributed by atoms with E-state index in [0.717, 1.165) is 52.5 Å². The highest BCUT2D eigenvalue weighted by Crippen LogP contribution is 2.37. The van der Waals surface area contributed by atoms with Crippen molar-refractivity contribution in [1.29, 1.82) is 0 Å². The second-order valence-electron chi connectivity index (χ2n) is 9.31. The predicted molar refractivity (Wildman–Crippen MR) is 140 cm³/mol. The summed E-state index contributed by atoms with van der Waals surface area (Å²) in [4.78, 5) is 23.0. The molecule has 0 saturated carbocycles. The van der Waals surface area contributed by atoms with Crippen molar-refractivity contribution in [2.24, 2.45) is 0 Å².